The van der Waals surface area contributed by atoms with Crippen molar-refractivity contribution in [2.75, 3.05) is 0 Å². The summed E-state index contributed by atoms with van der Waals surface area (Å²) >= 11 is 0. The molecule has 0 saturated carbocycles. The van der Waals surface area contributed by atoms with Gasteiger partial charge >= 0.3 is 0 Å². The predicted octanol–water partition coefficient (Wildman–Crippen LogP) is 3.46. The van der Waals surface area contributed by atoms with E-state index in [1.165, 1.54) is 0 Å². The van der Waals surface area contributed by atoms with Crippen molar-refractivity contribution in [1.82, 2.24) is 4.57 Å². The van der Waals surface area contributed by atoms with E-state index < -0.39 is 0 Å². The molecule has 96 valence electrons. The molecule has 0 aliphatic heterocycles. The van der Waals surface area contributed by atoms with Crippen LogP contribution in [0.4, 0.5) is 0 Å². The Balaban J connectivity index is 2.64. The van der Waals surface area contributed by atoms with Crippen LogP contribution >= 0.6 is 0 Å². The number of hydrogen-bond donors (Lipinski definition) is 0. The lowest BCUT2D eigenvalue weighted by Crippen LogP contribution is -2.09. The maximum absolute atomic E-state index is 12.5. The average molecular weight is 259 g/mol. The Labute approximate surface area is 117 Å². The van der Waals surface area contributed by atoms with Crippen molar-refractivity contribution in [2.45, 2.75) is 6.92 Å². The number of fused-ring (bicyclic) bond motifs is 2. The number of hydrogen-bond acceptors (Lipinski definition) is 1. The van der Waals surface area contributed by atoms with Crippen LogP contribution in [0.25, 0.3) is 21.8 Å². The van der Waals surface area contributed by atoms with Crippen LogP contribution in [0.1, 0.15) is 5.56 Å². The van der Waals surface area contributed by atoms with Gasteiger partial charge in [-0.1, -0.05) is 30.7 Å². The second-order valence-electron chi connectivity index (χ2n) is 4.66. The van der Waals surface area contributed by atoms with E-state index in [4.69, 9.17) is 0 Å². The highest BCUT2D eigenvalue weighted by Crippen LogP contribution is 2.19. The normalized spacial score (nSPS) is 10.2. The van der Waals surface area contributed by atoms with Crippen LogP contribution in [0.3, 0.4) is 0 Å². The number of nitrogens with zero attached hydrogens (tertiary/aromatic N) is 1. The van der Waals surface area contributed by atoms with Crippen molar-refractivity contribution in [3.05, 3.63) is 70.9 Å². The maximum Gasteiger partial charge on any atom is 0.197 e. The summed E-state index contributed by atoms with van der Waals surface area (Å²) in [6, 6.07) is 16.4. The van der Waals surface area contributed by atoms with Gasteiger partial charge in [0.1, 0.15) is 0 Å². The first kappa shape index (κ1) is 12.3. The minimum atomic E-state index is 0.0484. The van der Waals surface area contributed by atoms with E-state index in [9.17, 15) is 4.79 Å². The van der Waals surface area contributed by atoms with Gasteiger partial charge in [0.2, 0.25) is 0 Å². The molecule has 3 aromatic rings. The van der Waals surface area contributed by atoms with E-state index in [-0.39, 0.29) is 5.43 Å². The van der Waals surface area contributed by atoms with E-state index in [1.807, 2.05) is 54.0 Å². The third-order valence-corrected chi connectivity index (χ3v) is 3.31. The number of para-hydroxylation sites is 1. The van der Waals surface area contributed by atoms with Gasteiger partial charge in [0.05, 0.1) is 11.0 Å². The highest BCUT2D eigenvalue weighted by atomic mass is 16.1. The van der Waals surface area contributed by atoms with Crippen LogP contribution in [-0.4, -0.2) is 4.57 Å². The van der Waals surface area contributed by atoms with Crippen molar-refractivity contribution in [2.24, 2.45) is 0 Å². The molecular formula is C18H13NO. The van der Waals surface area contributed by atoms with Gasteiger partial charge in [-0.2, -0.15) is 0 Å². The van der Waals surface area contributed by atoms with Crippen molar-refractivity contribution >= 4 is 21.8 Å². The molecule has 0 saturated heterocycles. The zero-order chi connectivity index (χ0) is 14.1. The number of pyridine rings is 1. The monoisotopic (exact) mass is 259 g/mol. The van der Waals surface area contributed by atoms with Gasteiger partial charge in [0, 0.05) is 16.8 Å². The Kier molecular flexibility index (Phi) is 2.89. The fourth-order valence-corrected chi connectivity index (χ4v) is 2.38. The maximum atomic E-state index is 12.5. The summed E-state index contributed by atoms with van der Waals surface area (Å²) in [4.78, 5) is 12.5. The Bertz CT molecular complexity index is 952. The summed E-state index contributed by atoms with van der Waals surface area (Å²) in [5.41, 5.74) is 2.81. The van der Waals surface area contributed by atoms with Crippen LogP contribution in [0, 0.1) is 18.9 Å². The van der Waals surface area contributed by atoms with Gasteiger partial charge in [-0.15, -0.1) is 0 Å². The molecule has 0 aliphatic carbocycles. The van der Waals surface area contributed by atoms with Gasteiger partial charge < -0.3 is 0 Å². The van der Waals surface area contributed by atoms with Crippen LogP contribution in [0.2, 0.25) is 0 Å². The summed E-state index contributed by atoms with van der Waals surface area (Å²) in [7, 11) is 0. The minimum absolute atomic E-state index is 0.0484. The summed E-state index contributed by atoms with van der Waals surface area (Å²) < 4.78 is 1.86. The Morgan fingerprint density at radius 2 is 1.85 bits per heavy atom. The molecule has 20 heavy (non-hydrogen) atoms. The molecule has 3 rings (SSSR count). The Hall–Kier alpha value is -2.79. The van der Waals surface area contributed by atoms with Crippen molar-refractivity contribution in [3.63, 3.8) is 0 Å². The lowest BCUT2D eigenvalue weighted by molar-refractivity contribution is 1.23. The zero-order valence-corrected chi connectivity index (χ0v) is 11.2. The van der Waals surface area contributed by atoms with Gasteiger partial charge in [0.15, 0.2) is 5.43 Å². The predicted molar refractivity (Wildman–Crippen MR) is 83.8 cm³/mol. The van der Waals surface area contributed by atoms with E-state index in [0.29, 0.717) is 10.8 Å². The molecule has 0 bridgehead atoms. The molecule has 0 amide bonds. The molecule has 0 radical (unpaired) electrons. The van der Waals surface area contributed by atoms with Gasteiger partial charge in [-0.3, -0.25) is 9.36 Å². The average Bonchev–Trinajstić information content (AvgIpc) is 2.47. The summed E-state index contributed by atoms with van der Waals surface area (Å²) in [5.74, 6) is 2.86. The molecule has 0 aliphatic rings. The van der Waals surface area contributed by atoms with E-state index in [0.717, 1.165) is 16.6 Å². The first-order chi connectivity index (χ1) is 9.72. The lowest BCUT2D eigenvalue weighted by atomic mass is 10.1. The summed E-state index contributed by atoms with van der Waals surface area (Å²) in [6.07, 6.45) is 1.55. The van der Waals surface area contributed by atoms with E-state index >= 15 is 0 Å². The summed E-state index contributed by atoms with van der Waals surface area (Å²) in [5, 5.41) is 1.37. The first-order valence-corrected chi connectivity index (χ1v) is 6.39. The highest BCUT2D eigenvalue weighted by molar-refractivity contribution is 5.94. The van der Waals surface area contributed by atoms with E-state index in [2.05, 4.69) is 18.5 Å². The smallest absolute Gasteiger partial charge is 0.197 e. The number of allylic oxidation sites excluding steroid dienone is 1. The topological polar surface area (TPSA) is 22.0 Å². The highest BCUT2D eigenvalue weighted by Gasteiger charge is 2.09. The van der Waals surface area contributed by atoms with Crippen LogP contribution in [0.15, 0.2) is 59.9 Å². The van der Waals surface area contributed by atoms with Gasteiger partial charge in [-0.25, -0.2) is 0 Å². The van der Waals surface area contributed by atoms with Crippen molar-refractivity contribution in [3.8, 4) is 12.0 Å². The number of benzene rings is 2. The molecule has 2 aromatic carbocycles. The molecule has 0 spiro atoms. The fraction of sp³-hybridized carbons (Fsp3) is 0.0556. The molecule has 2 heteroatoms. The zero-order valence-electron chi connectivity index (χ0n) is 11.2. The van der Waals surface area contributed by atoms with Gasteiger partial charge in [0.25, 0.3) is 0 Å². The number of aromatic nitrogens is 1. The number of aryl methyl sites for hydroxylation is 1. The molecule has 1 heterocycles. The molecule has 0 atom stereocenters. The van der Waals surface area contributed by atoms with Crippen LogP contribution in [0.5, 0.6) is 0 Å². The molecule has 2 nitrogen and oxygen atoms in total. The molecule has 0 unspecified atom stereocenters. The van der Waals surface area contributed by atoms with Crippen molar-refractivity contribution < 1.29 is 0 Å². The minimum Gasteiger partial charge on any atom is -0.288 e. The molecule has 0 fully saturated rings. The quantitative estimate of drug-likeness (QED) is 0.447. The van der Waals surface area contributed by atoms with Crippen molar-refractivity contribution in [1.29, 1.82) is 0 Å². The second kappa shape index (κ2) is 4.71. The Morgan fingerprint density at radius 1 is 1.10 bits per heavy atom. The van der Waals surface area contributed by atoms with E-state index in [1.54, 1.807) is 6.08 Å². The van der Waals surface area contributed by atoms with Crippen LogP contribution in [-0.2, 0) is 0 Å². The third-order valence-electron chi connectivity index (χ3n) is 3.31. The molecular weight excluding hydrogens is 246 g/mol. The summed E-state index contributed by atoms with van der Waals surface area (Å²) in [6.45, 7) is 5.63. The van der Waals surface area contributed by atoms with Gasteiger partial charge in [-0.05, 0) is 42.8 Å². The SMILES string of the molecule is C=CC#Cn1c2ccccc2c(=O)c2ccc(C)cc21. The lowest BCUT2D eigenvalue weighted by Gasteiger charge is -2.09. The number of rotatable bonds is 0. The second-order valence-corrected chi connectivity index (χ2v) is 4.66. The Morgan fingerprint density at radius 3 is 2.65 bits per heavy atom. The molecule has 0 N–H and O–H groups in total. The van der Waals surface area contributed by atoms with Crippen LogP contribution < -0.4 is 5.43 Å². The first-order valence-electron chi connectivity index (χ1n) is 6.39. The largest absolute Gasteiger partial charge is 0.288 e. The standard InChI is InChI=1S/C18H13NO/c1-3-4-11-19-16-8-6-5-7-14(16)18(20)15-10-9-13(2)12-17(15)19/h3,5-10,12H,1H2,2H3. The fourth-order valence-electron chi connectivity index (χ4n) is 2.38. The third kappa shape index (κ3) is 1.81. The molecule has 1 aromatic heterocycles.